The van der Waals surface area contributed by atoms with Crippen molar-refractivity contribution >= 4 is 45.4 Å². The van der Waals surface area contributed by atoms with Gasteiger partial charge in [-0.1, -0.05) is 36.4 Å². The topological polar surface area (TPSA) is 96.0 Å². The van der Waals surface area contributed by atoms with Crippen molar-refractivity contribution in [2.24, 2.45) is 0 Å². The number of allylic oxidation sites excluding steroid dienone is 1. The number of nitrogens with zero attached hydrogens (tertiary/aromatic N) is 1. The number of hydrogen-bond acceptors (Lipinski definition) is 6. The fourth-order valence-electron chi connectivity index (χ4n) is 2.60. The van der Waals surface area contributed by atoms with Crippen LogP contribution in [0, 0.1) is 11.3 Å². The Morgan fingerprint density at radius 1 is 1.11 bits per heavy atom. The molecule has 0 atom stereocenters. The molecule has 0 unspecified atom stereocenters. The van der Waals surface area contributed by atoms with Crippen LogP contribution in [-0.4, -0.2) is 11.6 Å². The summed E-state index contributed by atoms with van der Waals surface area (Å²) in [6.45, 7) is 1.49. The minimum Gasteiger partial charge on any atom is -0.389 e. The summed E-state index contributed by atoms with van der Waals surface area (Å²) in [5, 5.41) is 12.8. The van der Waals surface area contributed by atoms with Crippen LogP contribution in [0.1, 0.15) is 38.1 Å². The molecule has 138 valence electrons. The fraction of sp³-hybridized carbons (Fsp3) is 0.0455. The van der Waals surface area contributed by atoms with Gasteiger partial charge in [0, 0.05) is 11.3 Å². The van der Waals surface area contributed by atoms with E-state index >= 15 is 0 Å². The Labute approximate surface area is 166 Å². The van der Waals surface area contributed by atoms with Gasteiger partial charge in [-0.3, -0.25) is 9.59 Å². The molecule has 0 saturated heterocycles. The van der Waals surface area contributed by atoms with Crippen molar-refractivity contribution < 1.29 is 9.59 Å². The number of ketones is 2. The highest BCUT2D eigenvalue weighted by molar-refractivity contribution is 7.18. The van der Waals surface area contributed by atoms with Gasteiger partial charge in [0.05, 0.1) is 5.69 Å². The number of hydrogen-bond donors (Lipinski definition) is 2. The molecule has 5 nitrogen and oxygen atoms in total. The molecule has 1 heterocycles. The van der Waals surface area contributed by atoms with Gasteiger partial charge in [0.1, 0.15) is 21.5 Å². The first kappa shape index (κ1) is 19.1. The molecular weight excluding hydrogens is 370 g/mol. The van der Waals surface area contributed by atoms with Crippen molar-refractivity contribution in [3.63, 3.8) is 0 Å². The number of rotatable bonds is 6. The summed E-state index contributed by atoms with van der Waals surface area (Å²) in [5.41, 5.74) is 8.69. The maximum absolute atomic E-state index is 12.7. The van der Waals surface area contributed by atoms with E-state index in [1.165, 1.54) is 13.0 Å². The minimum absolute atomic E-state index is 0.0362. The minimum atomic E-state index is -0.245. The van der Waals surface area contributed by atoms with Crippen LogP contribution in [0.4, 0.5) is 16.4 Å². The number of thiophene rings is 1. The summed E-state index contributed by atoms with van der Waals surface area (Å²) >= 11 is 1.07. The van der Waals surface area contributed by atoms with Gasteiger partial charge < -0.3 is 11.1 Å². The molecule has 0 amide bonds. The van der Waals surface area contributed by atoms with Gasteiger partial charge in [-0.15, -0.1) is 11.3 Å². The lowest BCUT2D eigenvalue weighted by atomic mass is 10.1. The van der Waals surface area contributed by atoms with Gasteiger partial charge in [-0.25, -0.2) is 0 Å². The average Bonchev–Trinajstić information content (AvgIpc) is 3.02. The second-order valence-electron chi connectivity index (χ2n) is 6.02. The molecular formula is C22H17N3O2S. The molecule has 0 aliphatic carbocycles. The highest BCUT2D eigenvalue weighted by Gasteiger charge is 2.20. The Morgan fingerprint density at radius 2 is 1.79 bits per heavy atom. The summed E-state index contributed by atoms with van der Waals surface area (Å²) in [4.78, 5) is 24.5. The lowest BCUT2D eigenvalue weighted by Gasteiger charge is -2.08. The first-order chi connectivity index (χ1) is 13.5. The number of Topliss-reactive ketones (excluding diaryl/α,β-unsaturated/α-hetero) is 1. The number of nitrogen functional groups attached to an aromatic ring is 1. The maximum atomic E-state index is 12.7. The van der Waals surface area contributed by atoms with E-state index in [0.717, 1.165) is 16.9 Å². The molecule has 0 spiro atoms. The molecule has 28 heavy (non-hydrogen) atoms. The average molecular weight is 387 g/mol. The normalized spacial score (nSPS) is 10.6. The summed E-state index contributed by atoms with van der Waals surface area (Å²) in [6, 6.07) is 18.3. The van der Waals surface area contributed by atoms with Crippen LogP contribution in [0.2, 0.25) is 0 Å². The second-order valence-corrected chi connectivity index (χ2v) is 7.08. The lowest BCUT2D eigenvalue weighted by Crippen LogP contribution is -2.00. The third kappa shape index (κ3) is 4.17. The number of nitrogens with one attached hydrogen (secondary N) is 1. The molecule has 6 heteroatoms. The molecule has 3 rings (SSSR count). The van der Waals surface area contributed by atoms with E-state index in [4.69, 9.17) is 5.73 Å². The van der Waals surface area contributed by atoms with Crippen LogP contribution in [-0.2, 0) is 0 Å². The van der Waals surface area contributed by atoms with Crippen molar-refractivity contribution in [3.8, 4) is 6.07 Å². The van der Waals surface area contributed by atoms with Crippen LogP contribution < -0.4 is 11.1 Å². The zero-order valence-corrected chi connectivity index (χ0v) is 15.9. The van der Waals surface area contributed by atoms with Crippen LogP contribution in [0.5, 0.6) is 0 Å². The number of nitrogens with two attached hydrogens (primary N) is 1. The quantitative estimate of drug-likeness (QED) is 0.456. The van der Waals surface area contributed by atoms with E-state index in [1.807, 2.05) is 30.3 Å². The van der Waals surface area contributed by atoms with Crippen LogP contribution >= 0.6 is 11.3 Å². The van der Waals surface area contributed by atoms with E-state index < -0.39 is 0 Å². The predicted octanol–water partition coefficient (Wildman–Crippen LogP) is 5.04. The van der Waals surface area contributed by atoms with Crippen LogP contribution in [0.3, 0.4) is 0 Å². The van der Waals surface area contributed by atoms with Crippen molar-refractivity contribution in [1.82, 2.24) is 0 Å². The first-order valence-corrected chi connectivity index (χ1v) is 9.29. The molecule has 0 aliphatic heterocycles. The van der Waals surface area contributed by atoms with Gasteiger partial charge in [0.2, 0.25) is 0 Å². The second kappa shape index (κ2) is 8.33. The fourth-order valence-corrected chi connectivity index (χ4v) is 3.49. The predicted molar refractivity (Wildman–Crippen MR) is 113 cm³/mol. The largest absolute Gasteiger partial charge is 0.389 e. The summed E-state index contributed by atoms with van der Waals surface area (Å²) in [7, 11) is 0. The highest BCUT2D eigenvalue weighted by atomic mass is 32.1. The Morgan fingerprint density at radius 3 is 2.39 bits per heavy atom. The van der Waals surface area contributed by atoms with Gasteiger partial charge in [-0.2, -0.15) is 5.26 Å². The summed E-state index contributed by atoms with van der Waals surface area (Å²) in [6.07, 6.45) is 3.18. The van der Waals surface area contributed by atoms with Gasteiger partial charge >= 0.3 is 0 Å². The molecule has 0 aliphatic rings. The molecule has 0 bridgehead atoms. The van der Waals surface area contributed by atoms with Gasteiger partial charge in [0.25, 0.3) is 0 Å². The molecule has 2 aromatic carbocycles. The smallest absolute Gasteiger partial charge is 0.198 e. The molecule has 1 aromatic heterocycles. The Hall–Kier alpha value is -3.69. The summed E-state index contributed by atoms with van der Waals surface area (Å²) < 4.78 is 0. The number of nitriles is 1. The third-order valence-corrected chi connectivity index (χ3v) is 5.09. The Balaban J connectivity index is 1.92. The first-order valence-electron chi connectivity index (χ1n) is 8.47. The Kier molecular flexibility index (Phi) is 5.68. The highest BCUT2D eigenvalue weighted by Crippen LogP contribution is 2.37. The zero-order valence-electron chi connectivity index (χ0n) is 15.1. The molecule has 0 radical (unpaired) electrons. The van der Waals surface area contributed by atoms with E-state index in [0.29, 0.717) is 21.8 Å². The van der Waals surface area contributed by atoms with E-state index in [2.05, 4.69) is 11.4 Å². The maximum Gasteiger partial charge on any atom is 0.198 e. The monoisotopic (exact) mass is 387 g/mol. The van der Waals surface area contributed by atoms with Crippen LogP contribution in [0.15, 0.2) is 60.7 Å². The Bertz CT molecular complexity index is 1090. The van der Waals surface area contributed by atoms with Gasteiger partial charge in [-0.05, 0) is 42.8 Å². The number of carbonyl (C=O) groups is 2. The van der Waals surface area contributed by atoms with E-state index in [1.54, 1.807) is 30.3 Å². The van der Waals surface area contributed by atoms with Crippen molar-refractivity contribution in [2.45, 2.75) is 6.92 Å². The number of carbonyl (C=O) groups excluding carboxylic acids is 2. The van der Waals surface area contributed by atoms with Crippen molar-refractivity contribution in [1.29, 1.82) is 5.26 Å². The molecule has 0 saturated carbocycles. The molecule has 0 fully saturated rings. The zero-order chi connectivity index (χ0) is 20.1. The number of benzene rings is 2. The van der Waals surface area contributed by atoms with Crippen LogP contribution in [0.25, 0.3) is 6.08 Å². The van der Waals surface area contributed by atoms with E-state index in [-0.39, 0.29) is 22.1 Å². The third-order valence-electron chi connectivity index (χ3n) is 4.06. The molecule has 3 aromatic rings. The number of anilines is 3. The van der Waals surface area contributed by atoms with E-state index in [9.17, 15) is 14.9 Å². The van der Waals surface area contributed by atoms with Crippen molar-refractivity contribution in [3.05, 3.63) is 82.2 Å². The standard InChI is InChI=1S/C22H17N3O2S/c1-14(26)16-8-10-17(11-9-16)25-20-18(13-23)22(24)28-21(20)19(27)12-7-15-5-3-2-4-6-15/h2-12,25H,24H2,1H3/b12-7+. The summed E-state index contributed by atoms with van der Waals surface area (Å²) in [5.74, 6) is -0.282. The lowest BCUT2D eigenvalue weighted by molar-refractivity contribution is 0.101. The SMILES string of the molecule is CC(=O)c1ccc(Nc2c(C(=O)/C=C/c3ccccc3)sc(N)c2C#N)cc1. The van der Waals surface area contributed by atoms with Gasteiger partial charge in [0.15, 0.2) is 11.6 Å². The van der Waals surface area contributed by atoms with Crippen molar-refractivity contribution in [2.75, 3.05) is 11.1 Å². The molecule has 3 N–H and O–H groups in total.